The molecule has 28 heavy (non-hydrogen) atoms. The number of nitrogens with one attached hydrogen (secondary N) is 1. The van der Waals surface area contributed by atoms with Gasteiger partial charge in [0.05, 0.1) is 0 Å². The van der Waals surface area contributed by atoms with E-state index in [2.05, 4.69) is 29.3 Å². The minimum atomic E-state index is -0.0981. The summed E-state index contributed by atoms with van der Waals surface area (Å²) in [4.78, 5) is 15.5. The van der Waals surface area contributed by atoms with Crippen molar-refractivity contribution in [2.75, 3.05) is 39.4 Å². The summed E-state index contributed by atoms with van der Waals surface area (Å²) in [6.45, 7) is 9.78. The second-order valence-corrected chi connectivity index (χ2v) is 8.52. The van der Waals surface area contributed by atoms with Crippen molar-refractivity contribution in [2.45, 2.75) is 46.0 Å². The van der Waals surface area contributed by atoms with Crippen LogP contribution in [0.1, 0.15) is 54.3 Å². The van der Waals surface area contributed by atoms with Gasteiger partial charge >= 0.3 is 0 Å². The van der Waals surface area contributed by atoms with Gasteiger partial charge in [-0.3, -0.25) is 4.79 Å². The number of aryl methyl sites for hydroxylation is 2. The Labute approximate surface area is 167 Å². The molecule has 2 fully saturated rings. The molecule has 152 valence electrons. The molecule has 1 N–H and O–H groups in total. The van der Waals surface area contributed by atoms with E-state index in [9.17, 15) is 4.79 Å². The number of hydrogen-bond acceptors (Lipinski definition) is 4. The summed E-state index contributed by atoms with van der Waals surface area (Å²) in [6, 6.07) is 6.18. The molecule has 1 amide bonds. The van der Waals surface area contributed by atoms with E-state index < -0.39 is 0 Å². The first-order chi connectivity index (χ1) is 13.6. The lowest BCUT2D eigenvalue weighted by Gasteiger charge is -2.40. The Hall–Kier alpha value is -1.85. The molecule has 1 aromatic heterocycles. The molecule has 0 unspecified atom stereocenters. The van der Waals surface area contributed by atoms with Crippen LogP contribution in [0.25, 0.3) is 11.0 Å². The number of hydrogen-bond donors (Lipinski definition) is 1. The number of benzene rings is 1. The summed E-state index contributed by atoms with van der Waals surface area (Å²) in [6.07, 6.45) is 5.56. The van der Waals surface area contributed by atoms with Crippen LogP contribution in [0.5, 0.6) is 0 Å². The van der Waals surface area contributed by atoms with Crippen molar-refractivity contribution in [3.8, 4) is 0 Å². The number of carbonyl (C=O) groups is 1. The molecule has 5 nitrogen and oxygen atoms in total. The summed E-state index contributed by atoms with van der Waals surface area (Å²) in [5.41, 5.74) is 3.09. The molecule has 2 saturated heterocycles. The van der Waals surface area contributed by atoms with Gasteiger partial charge in [-0.05, 0) is 69.8 Å². The van der Waals surface area contributed by atoms with E-state index in [0.29, 0.717) is 12.3 Å². The highest BCUT2D eigenvalue weighted by atomic mass is 16.5. The van der Waals surface area contributed by atoms with Crippen LogP contribution < -0.4 is 5.32 Å². The lowest BCUT2D eigenvalue weighted by atomic mass is 9.79. The lowest BCUT2D eigenvalue weighted by molar-refractivity contribution is -0.000747. The molecule has 2 aromatic rings. The minimum absolute atomic E-state index is 0.0981. The fourth-order valence-electron chi connectivity index (χ4n) is 4.66. The molecule has 0 saturated carbocycles. The third kappa shape index (κ3) is 3.96. The number of fused-ring (bicyclic) bond motifs is 1. The van der Waals surface area contributed by atoms with Crippen LogP contribution in [0, 0.1) is 12.3 Å². The van der Waals surface area contributed by atoms with Gasteiger partial charge in [-0.2, -0.15) is 0 Å². The quantitative estimate of drug-likeness (QED) is 0.820. The van der Waals surface area contributed by atoms with E-state index in [4.69, 9.17) is 9.15 Å². The van der Waals surface area contributed by atoms with Crippen molar-refractivity contribution in [1.82, 2.24) is 10.2 Å². The first-order valence-electron chi connectivity index (χ1n) is 10.7. The van der Waals surface area contributed by atoms with Gasteiger partial charge < -0.3 is 19.4 Å². The molecule has 3 heterocycles. The Morgan fingerprint density at radius 2 is 1.96 bits per heavy atom. The van der Waals surface area contributed by atoms with Crippen LogP contribution in [0.4, 0.5) is 0 Å². The number of furan rings is 1. The normalized spacial score (nSPS) is 19.9. The highest BCUT2D eigenvalue weighted by Crippen LogP contribution is 2.33. The smallest absolute Gasteiger partial charge is 0.287 e. The second-order valence-electron chi connectivity index (χ2n) is 8.52. The SMILES string of the molecule is CCc1ccc2oc(C(=O)NCC3(CN4CCCC4)CCOCC3)c(C)c2c1. The maximum atomic E-state index is 13.0. The van der Waals surface area contributed by atoms with Crippen LogP contribution in [0.2, 0.25) is 0 Å². The van der Waals surface area contributed by atoms with Gasteiger partial charge in [0, 0.05) is 42.7 Å². The molecule has 5 heteroatoms. The van der Waals surface area contributed by atoms with E-state index in [0.717, 1.165) is 55.6 Å². The number of rotatable bonds is 6. The van der Waals surface area contributed by atoms with Crippen molar-refractivity contribution in [3.63, 3.8) is 0 Å². The largest absolute Gasteiger partial charge is 0.451 e. The highest BCUT2D eigenvalue weighted by Gasteiger charge is 2.36. The van der Waals surface area contributed by atoms with Crippen LogP contribution in [0.3, 0.4) is 0 Å². The van der Waals surface area contributed by atoms with Gasteiger partial charge in [0.1, 0.15) is 5.58 Å². The molecular formula is C23H32N2O3. The van der Waals surface area contributed by atoms with Crippen molar-refractivity contribution >= 4 is 16.9 Å². The zero-order chi connectivity index (χ0) is 19.6. The van der Waals surface area contributed by atoms with Gasteiger partial charge in [0.25, 0.3) is 5.91 Å². The van der Waals surface area contributed by atoms with Crippen LogP contribution in [-0.4, -0.2) is 50.2 Å². The first kappa shape index (κ1) is 19.5. The Morgan fingerprint density at radius 1 is 1.21 bits per heavy atom. The third-order valence-electron chi connectivity index (χ3n) is 6.55. The number of carbonyl (C=O) groups excluding carboxylic acids is 1. The number of nitrogens with zero attached hydrogens (tertiary/aromatic N) is 1. The summed E-state index contributed by atoms with van der Waals surface area (Å²) in [7, 11) is 0. The Kier molecular flexibility index (Phi) is 5.74. The van der Waals surface area contributed by atoms with Crippen molar-refractivity contribution in [2.24, 2.45) is 5.41 Å². The van der Waals surface area contributed by atoms with E-state index >= 15 is 0 Å². The second kappa shape index (κ2) is 8.26. The Morgan fingerprint density at radius 3 is 2.68 bits per heavy atom. The topological polar surface area (TPSA) is 54.7 Å². The molecule has 1 aromatic carbocycles. The number of likely N-dealkylation sites (tertiary alicyclic amines) is 1. The number of amides is 1. The molecule has 2 aliphatic heterocycles. The van der Waals surface area contributed by atoms with E-state index in [1.807, 2.05) is 13.0 Å². The van der Waals surface area contributed by atoms with Crippen molar-refractivity contribution in [3.05, 3.63) is 35.1 Å². The standard InChI is InChI=1S/C23H32N2O3/c1-3-18-6-7-20-19(14-18)17(2)21(28-20)22(26)24-15-23(8-12-27-13-9-23)16-25-10-4-5-11-25/h6-7,14H,3-5,8-13,15-16H2,1-2H3,(H,24,26). The Bertz CT molecular complexity index is 830. The molecule has 2 aliphatic rings. The van der Waals surface area contributed by atoms with Crippen molar-refractivity contribution < 1.29 is 13.9 Å². The molecule has 4 rings (SSSR count). The highest BCUT2D eigenvalue weighted by molar-refractivity contribution is 5.99. The maximum Gasteiger partial charge on any atom is 0.287 e. The zero-order valence-electron chi connectivity index (χ0n) is 17.2. The molecule has 0 spiro atoms. The fraction of sp³-hybridized carbons (Fsp3) is 0.609. The zero-order valence-corrected chi connectivity index (χ0v) is 17.2. The van der Waals surface area contributed by atoms with Crippen LogP contribution in [-0.2, 0) is 11.2 Å². The molecular weight excluding hydrogens is 352 g/mol. The van der Waals surface area contributed by atoms with E-state index in [1.54, 1.807) is 0 Å². The summed E-state index contributed by atoms with van der Waals surface area (Å²) < 4.78 is 11.5. The Balaban J connectivity index is 1.48. The van der Waals surface area contributed by atoms with Crippen molar-refractivity contribution in [1.29, 1.82) is 0 Å². The van der Waals surface area contributed by atoms with Gasteiger partial charge in [-0.15, -0.1) is 0 Å². The predicted molar refractivity (Wildman–Crippen MR) is 111 cm³/mol. The van der Waals surface area contributed by atoms with Gasteiger partial charge in [-0.25, -0.2) is 0 Å². The van der Waals surface area contributed by atoms with Gasteiger partial charge in [-0.1, -0.05) is 13.0 Å². The van der Waals surface area contributed by atoms with E-state index in [1.165, 1.54) is 31.5 Å². The summed E-state index contributed by atoms with van der Waals surface area (Å²) >= 11 is 0. The van der Waals surface area contributed by atoms with Gasteiger partial charge in [0.2, 0.25) is 0 Å². The monoisotopic (exact) mass is 384 g/mol. The van der Waals surface area contributed by atoms with E-state index in [-0.39, 0.29) is 11.3 Å². The summed E-state index contributed by atoms with van der Waals surface area (Å²) in [5.74, 6) is 0.352. The fourth-order valence-corrected chi connectivity index (χ4v) is 4.66. The van der Waals surface area contributed by atoms with Crippen LogP contribution in [0.15, 0.2) is 22.6 Å². The average Bonchev–Trinajstić information content (AvgIpc) is 3.34. The molecule has 0 bridgehead atoms. The first-order valence-corrected chi connectivity index (χ1v) is 10.7. The van der Waals surface area contributed by atoms with Crippen LogP contribution >= 0.6 is 0 Å². The maximum absolute atomic E-state index is 13.0. The van der Waals surface area contributed by atoms with Gasteiger partial charge in [0.15, 0.2) is 5.76 Å². The summed E-state index contributed by atoms with van der Waals surface area (Å²) in [5, 5.41) is 4.24. The minimum Gasteiger partial charge on any atom is -0.451 e. The molecule has 0 radical (unpaired) electrons. The third-order valence-corrected chi connectivity index (χ3v) is 6.55. The number of ether oxygens (including phenoxy) is 1. The molecule has 0 atom stereocenters. The average molecular weight is 385 g/mol. The lowest BCUT2D eigenvalue weighted by Crippen LogP contribution is -2.48. The predicted octanol–water partition coefficient (Wildman–Crippen LogP) is 3.93. The molecule has 0 aliphatic carbocycles.